The first-order valence-corrected chi connectivity index (χ1v) is 11.5. The summed E-state index contributed by atoms with van der Waals surface area (Å²) in [5, 5.41) is -3.20. The minimum atomic E-state index is -3.77. The molecule has 0 spiro atoms. The lowest BCUT2D eigenvalue weighted by molar-refractivity contribution is -0.176. The van der Waals surface area contributed by atoms with Gasteiger partial charge in [0.15, 0.2) is 0 Å². The lowest BCUT2D eigenvalue weighted by Crippen LogP contribution is -2.52. The third-order valence-electron chi connectivity index (χ3n) is 5.58. The van der Waals surface area contributed by atoms with E-state index in [1.165, 1.54) is 20.8 Å². The van der Waals surface area contributed by atoms with Crippen LogP contribution in [0.1, 0.15) is 59.4 Å². The van der Waals surface area contributed by atoms with Crippen LogP contribution in [0, 0.1) is 10.8 Å². The maximum Gasteiger partial charge on any atom is 0.298 e. The van der Waals surface area contributed by atoms with Crippen molar-refractivity contribution in [2.45, 2.75) is 78.3 Å². The van der Waals surface area contributed by atoms with Crippen LogP contribution in [0.3, 0.4) is 0 Å². The Kier molecular flexibility index (Phi) is 9.05. The lowest BCUT2D eigenvalue weighted by Gasteiger charge is -2.41. The molecule has 0 bridgehead atoms. The molecule has 0 N–H and O–H groups in total. The zero-order chi connectivity index (χ0) is 24.9. The van der Waals surface area contributed by atoms with Gasteiger partial charge in [-0.2, -0.15) is 0 Å². The molecule has 0 saturated heterocycles. The molecule has 1 heterocycles. The highest BCUT2D eigenvalue weighted by Gasteiger charge is 2.61. The number of hydrogen-bond donors (Lipinski definition) is 0. The fraction of sp³-hybridized carbons (Fsp3) is 0.640. The first-order chi connectivity index (χ1) is 15.1. The zero-order valence-electron chi connectivity index (χ0n) is 20.4. The molecule has 1 aromatic carbocycles. The van der Waals surface area contributed by atoms with Crippen molar-refractivity contribution in [3.8, 4) is 0 Å². The summed E-state index contributed by atoms with van der Waals surface area (Å²) in [4.78, 5) is 4.32. The zero-order valence-corrected chi connectivity index (χ0v) is 21.1. The summed E-state index contributed by atoms with van der Waals surface area (Å²) in [7, 11) is 0. The highest BCUT2D eigenvalue weighted by Crippen LogP contribution is 2.52. The Hall–Kier alpha value is -1.57. The summed E-state index contributed by atoms with van der Waals surface area (Å²) in [6.45, 7) is 10.6. The van der Waals surface area contributed by atoms with Crippen LogP contribution in [0.25, 0.3) is 0 Å². The minimum absolute atomic E-state index is 0.0918. The first kappa shape index (κ1) is 27.7. The van der Waals surface area contributed by atoms with Crippen LogP contribution in [-0.4, -0.2) is 39.9 Å². The van der Waals surface area contributed by atoms with E-state index in [0.29, 0.717) is 6.54 Å². The number of imidazole rings is 1. The number of benzene rings is 1. The number of rotatable bonds is 11. The third kappa shape index (κ3) is 7.46. The van der Waals surface area contributed by atoms with Crippen LogP contribution < -0.4 is 0 Å². The van der Waals surface area contributed by atoms with Crippen molar-refractivity contribution in [1.82, 2.24) is 9.55 Å². The average molecular weight is 489 g/mol. The molecule has 186 valence electrons. The van der Waals surface area contributed by atoms with E-state index in [4.69, 9.17) is 21.1 Å². The summed E-state index contributed by atoms with van der Waals surface area (Å²) in [6, 6.07) is 9.99. The molecule has 2 rings (SSSR count). The molecule has 2 unspecified atom stereocenters. The van der Waals surface area contributed by atoms with Crippen molar-refractivity contribution in [2.24, 2.45) is 10.8 Å². The van der Waals surface area contributed by atoms with Gasteiger partial charge in [0.2, 0.25) is 0 Å². The van der Waals surface area contributed by atoms with Crippen LogP contribution in [0.4, 0.5) is 13.2 Å². The predicted octanol–water partition coefficient (Wildman–Crippen LogP) is 6.86. The van der Waals surface area contributed by atoms with Gasteiger partial charge in [0, 0.05) is 30.8 Å². The van der Waals surface area contributed by atoms with Gasteiger partial charge >= 0.3 is 0 Å². The van der Waals surface area contributed by atoms with Crippen LogP contribution in [0.5, 0.6) is 0 Å². The topological polar surface area (TPSA) is 36.3 Å². The Morgan fingerprint density at radius 1 is 1.00 bits per heavy atom. The van der Waals surface area contributed by atoms with Crippen LogP contribution in [0.15, 0.2) is 42.7 Å². The highest BCUT2D eigenvalue weighted by molar-refractivity contribution is 6.24. The molecular weight excluding hydrogens is 453 g/mol. The van der Waals surface area contributed by atoms with Crippen molar-refractivity contribution < 1.29 is 22.6 Å². The maximum atomic E-state index is 14.8. The number of alkyl halides is 4. The molecule has 2 aromatic rings. The van der Waals surface area contributed by atoms with E-state index < -0.39 is 34.4 Å². The summed E-state index contributed by atoms with van der Waals surface area (Å²) >= 11 is 5.71. The Balaban J connectivity index is 1.89. The number of halogens is 4. The molecule has 0 saturated carbocycles. The van der Waals surface area contributed by atoms with Crippen LogP contribution in [0.2, 0.25) is 0 Å². The molecule has 1 aromatic heterocycles. The second kappa shape index (κ2) is 10.8. The van der Waals surface area contributed by atoms with E-state index in [2.05, 4.69) is 4.98 Å². The summed E-state index contributed by atoms with van der Waals surface area (Å²) in [5.74, 6) is -3.01. The van der Waals surface area contributed by atoms with Gasteiger partial charge in [-0.15, -0.1) is 0 Å². The molecule has 0 radical (unpaired) electrons. The summed E-state index contributed by atoms with van der Waals surface area (Å²) in [6.07, 6.45) is 1.85. The molecule has 0 amide bonds. The molecule has 0 fully saturated rings. The summed E-state index contributed by atoms with van der Waals surface area (Å²) in [5.41, 5.74) is -0.932. The highest BCUT2D eigenvalue weighted by atomic mass is 35.5. The predicted molar refractivity (Wildman–Crippen MR) is 125 cm³/mol. The summed E-state index contributed by atoms with van der Waals surface area (Å²) < 4.78 is 57.9. The Morgan fingerprint density at radius 2 is 1.64 bits per heavy atom. The van der Waals surface area contributed by atoms with Gasteiger partial charge in [-0.05, 0) is 11.0 Å². The first-order valence-electron chi connectivity index (χ1n) is 11.1. The number of ether oxygens (including phenoxy) is 2. The Morgan fingerprint density at radius 3 is 2.21 bits per heavy atom. The number of aromatic nitrogens is 2. The van der Waals surface area contributed by atoms with Crippen molar-refractivity contribution in [3.63, 3.8) is 0 Å². The minimum Gasteiger partial charge on any atom is -0.375 e. The van der Waals surface area contributed by atoms with E-state index in [1.54, 1.807) is 27.0 Å². The van der Waals surface area contributed by atoms with Crippen molar-refractivity contribution in [2.75, 3.05) is 13.2 Å². The molecule has 0 aliphatic rings. The Labute approximate surface area is 200 Å². The molecule has 8 heteroatoms. The van der Waals surface area contributed by atoms with Crippen molar-refractivity contribution in [3.05, 3.63) is 54.1 Å². The van der Waals surface area contributed by atoms with E-state index >= 15 is 0 Å². The standard InChI is InChI=1S/C25H36ClF3N2O2/c1-22(2,3)20(16-24(27,28)25(26,29)23(4,5)6)33-15-14-32-18-21-30-12-13-31(21)17-19-10-8-7-9-11-19/h7-13,20H,14-18H2,1-6H3. The molecule has 4 nitrogen and oxygen atoms in total. The van der Waals surface area contributed by atoms with Gasteiger partial charge in [-0.3, -0.25) is 0 Å². The Bertz CT molecular complexity index is 859. The van der Waals surface area contributed by atoms with Gasteiger partial charge < -0.3 is 14.0 Å². The van der Waals surface area contributed by atoms with Crippen molar-refractivity contribution >= 4 is 11.6 Å². The van der Waals surface area contributed by atoms with Crippen LogP contribution in [-0.2, 0) is 22.6 Å². The molecule has 33 heavy (non-hydrogen) atoms. The molecule has 0 aliphatic heterocycles. The lowest BCUT2D eigenvalue weighted by atomic mass is 9.79. The normalized spacial score (nSPS) is 15.9. The van der Waals surface area contributed by atoms with Crippen molar-refractivity contribution in [1.29, 1.82) is 0 Å². The monoisotopic (exact) mass is 488 g/mol. The van der Waals surface area contributed by atoms with E-state index in [-0.39, 0.29) is 19.8 Å². The van der Waals surface area contributed by atoms with Gasteiger partial charge in [-0.1, -0.05) is 83.5 Å². The van der Waals surface area contributed by atoms with Gasteiger partial charge in [0.1, 0.15) is 12.4 Å². The number of nitrogens with zero attached hydrogens (tertiary/aromatic N) is 2. The number of hydrogen-bond acceptors (Lipinski definition) is 3. The molecular formula is C25H36ClF3N2O2. The van der Waals surface area contributed by atoms with E-state index in [9.17, 15) is 13.2 Å². The molecule has 0 aliphatic carbocycles. The fourth-order valence-electron chi connectivity index (χ4n) is 3.34. The second-order valence-corrected chi connectivity index (χ2v) is 11.0. The second-order valence-electron chi connectivity index (χ2n) is 10.5. The SMILES string of the molecule is CC(C)(C)C(CC(F)(F)C(F)(Cl)C(C)(C)C)OCCOCc1nccn1Cc1ccccc1. The van der Waals surface area contributed by atoms with Gasteiger partial charge in [0.25, 0.3) is 11.1 Å². The third-order valence-corrected chi connectivity index (χ3v) is 6.43. The van der Waals surface area contributed by atoms with Gasteiger partial charge in [-0.25, -0.2) is 18.2 Å². The fourth-order valence-corrected chi connectivity index (χ4v) is 3.42. The molecule has 2 atom stereocenters. The quantitative estimate of drug-likeness (QED) is 0.256. The smallest absolute Gasteiger partial charge is 0.298 e. The maximum absolute atomic E-state index is 14.8. The largest absolute Gasteiger partial charge is 0.375 e. The average Bonchev–Trinajstić information content (AvgIpc) is 3.12. The van der Waals surface area contributed by atoms with Crippen LogP contribution >= 0.6 is 11.6 Å². The van der Waals surface area contributed by atoms with E-state index in [1.807, 2.05) is 41.1 Å². The van der Waals surface area contributed by atoms with E-state index in [0.717, 1.165) is 11.4 Å². The van der Waals surface area contributed by atoms with Gasteiger partial charge in [0.05, 0.1) is 19.3 Å².